The number of carbonyl (C=O) groups excluding carboxylic acids is 1. The summed E-state index contributed by atoms with van der Waals surface area (Å²) in [7, 11) is -0.705. The van der Waals surface area contributed by atoms with E-state index >= 15 is 0 Å². The summed E-state index contributed by atoms with van der Waals surface area (Å²) in [4.78, 5) is 12.2. The number of anilines is 1. The van der Waals surface area contributed by atoms with Crippen molar-refractivity contribution < 1.29 is 23.2 Å². The van der Waals surface area contributed by atoms with Gasteiger partial charge in [-0.25, -0.2) is 9.18 Å². The van der Waals surface area contributed by atoms with E-state index in [2.05, 4.69) is 5.32 Å². The Bertz CT molecular complexity index is 947. The van der Waals surface area contributed by atoms with E-state index in [9.17, 15) is 9.18 Å². The molecule has 0 unspecified atom stereocenters. The van der Waals surface area contributed by atoms with Gasteiger partial charge in [-0.3, -0.25) is 0 Å². The van der Waals surface area contributed by atoms with Crippen LogP contribution in [0.1, 0.15) is 38.8 Å². The lowest BCUT2D eigenvalue weighted by molar-refractivity contribution is 0.00578. The highest BCUT2D eigenvalue weighted by Crippen LogP contribution is 2.39. The Balaban J connectivity index is 1.74. The number of alkyl carbamates (subject to hydrolysis) is 1. The van der Waals surface area contributed by atoms with Gasteiger partial charge in [-0.2, -0.15) is 0 Å². The van der Waals surface area contributed by atoms with E-state index in [1.54, 1.807) is 12.1 Å². The standard InChI is InChI=1S/C23H28BFN2O4/c1-22(2)23(3,4)31-24(30-22)18(12-17-10-11-19(25)13-20(17)26)14-27-21(28)29-15-16-8-6-5-7-9-16/h5-13H,14-15,26H2,1-4H3,(H,27,28). The first-order valence-corrected chi connectivity index (χ1v) is 10.1. The lowest BCUT2D eigenvalue weighted by Crippen LogP contribution is -2.41. The molecule has 31 heavy (non-hydrogen) atoms. The van der Waals surface area contributed by atoms with Gasteiger partial charge < -0.3 is 25.1 Å². The van der Waals surface area contributed by atoms with Gasteiger partial charge in [0.2, 0.25) is 0 Å². The third-order valence-corrected chi connectivity index (χ3v) is 5.60. The molecule has 6 nitrogen and oxygen atoms in total. The second-order valence-electron chi connectivity index (χ2n) is 8.50. The average Bonchev–Trinajstić information content (AvgIpc) is 2.93. The fraction of sp³-hybridized carbons (Fsp3) is 0.348. The number of nitrogen functional groups attached to an aromatic ring is 1. The van der Waals surface area contributed by atoms with E-state index in [0.29, 0.717) is 11.0 Å². The van der Waals surface area contributed by atoms with Crippen LogP contribution in [0, 0.1) is 5.82 Å². The van der Waals surface area contributed by atoms with Crippen LogP contribution in [-0.4, -0.2) is 31.0 Å². The normalized spacial score (nSPS) is 17.5. The average molecular weight is 426 g/mol. The van der Waals surface area contributed by atoms with Gasteiger partial charge >= 0.3 is 13.2 Å². The maximum atomic E-state index is 13.4. The molecule has 3 rings (SSSR count). The summed E-state index contributed by atoms with van der Waals surface area (Å²) in [5.74, 6) is -0.422. The molecule has 0 saturated carbocycles. The molecule has 0 atom stereocenters. The molecule has 2 aromatic rings. The topological polar surface area (TPSA) is 82.8 Å². The fourth-order valence-electron chi connectivity index (χ4n) is 3.02. The minimum Gasteiger partial charge on any atom is -0.445 e. The van der Waals surface area contributed by atoms with Gasteiger partial charge in [0.15, 0.2) is 0 Å². The van der Waals surface area contributed by atoms with E-state index < -0.39 is 30.2 Å². The van der Waals surface area contributed by atoms with Gasteiger partial charge in [0, 0.05) is 12.2 Å². The van der Waals surface area contributed by atoms with E-state index in [4.69, 9.17) is 19.8 Å². The maximum Gasteiger partial charge on any atom is 0.492 e. The molecule has 0 spiro atoms. The van der Waals surface area contributed by atoms with Crippen LogP contribution >= 0.6 is 0 Å². The van der Waals surface area contributed by atoms with Gasteiger partial charge in [0.05, 0.1) is 11.2 Å². The summed E-state index contributed by atoms with van der Waals surface area (Å²) in [5.41, 5.74) is 7.25. The van der Waals surface area contributed by atoms with Crippen molar-refractivity contribution in [3.05, 3.63) is 70.9 Å². The molecule has 0 bridgehead atoms. The zero-order valence-corrected chi connectivity index (χ0v) is 18.3. The minimum absolute atomic E-state index is 0.112. The van der Waals surface area contributed by atoms with Crippen LogP contribution in [0.25, 0.3) is 6.08 Å². The third kappa shape index (κ3) is 5.65. The molecule has 0 aliphatic carbocycles. The molecule has 0 aromatic heterocycles. The first kappa shape index (κ1) is 22.8. The monoisotopic (exact) mass is 426 g/mol. The molecule has 164 valence electrons. The Morgan fingerprint density at radius 1 is 1.13 bits per heavy atom. The van der Waals surface area contributed by atoms with E-state index in [1.807, 2.05) is 58.0 Å². The predicted molar refractivity (Wildman–Crippen MR) is 120 cm³/mol. The smallest absolute Gasteiger partial charge is 0.445 e. The number of nitrogens with two attached hydrogens (primary N) is 1. The molecule has 1 aliphatic heterocycles. The summed E-state index contributed by atoms with van der Waals surface area (Å²) in [6.45, 7) is 8.04. The van der Waals surface area contributed by atoms with E-state index in [0.717, 1.165) is 5.56 Å². The highest BCUT2D eigenvalue weighted by Gasteiger charge is 2.52. The molecule has 1 amide bonds. The van der Waals surface area contributed by atoms with Crippen LogP contribution in [0.5, 0.6) is 0 Å². The number of carbonyl (C=O) groups is 1. The van der Waals surface area contributed by atoms with Crippen molar-refractivity contribution in [2.75, 3.05) is 12.3 Å². The van der Waals surface area contributed by atoms with Crippen molar-refractivity contribution >= 4 is 25.0 Å². The second-order valence-corrected chi connectivity index (χ2v) is 8.50. The van der Waals surface area contributed by atoms with Crippen LogP contribution in [-0.2, 0) is 20.7 Å². The van der Waals surface area contributed by atoms with Crippen LogP contribution in [0.4, 0.5) is 14.9 Å². The molecule has 1 aliphatic rings. The predicted octanol–water partition coefficient (Wildman–Crippen LogP) is 4.35. The maximum absolute atomic E-state index is 13.4. The molecule has 1 fully saturated rings. The summed E-state index contributed by atoms with van der Waals surface area (Å²) in [5, 5.41) is 2.73. The van der Waals surface area contributed by atoms with Crippen molar-refractivity contribution in [1.29, 1.82) is 0 Å². The van der Waals surface area contributed by atoms with Crippen molar-refractivity contribution in [2.45, 2.75) is 45.5 Å². The van der Waals surface area contributed by atoms with Crippen LogP contribution in [0.3, 0.4) is 0 Å². The number of amides is 1. The number of rotatable bonds is 6. The number of hydrogen-bond donors (Lipinski definition) is 2. The molecule has 1 heterocycles. The van der Waals surface area contributed by atoms with Crippen molar-refractivity contribution in [3.63, 3.8) is 0 Å². The van der Waals surface area contributed by atoms with Gasteiger partial charge in [0.1, 0.15) is 12.4 Å². The molecule has 1 saturated heterocycles. The zero-order chi connectivity index (χ0) is 22.6. The van der Waals surface area contributed by atoms with Crippen molar-refractivity contribution in [3.8, 4) is 0 Å². The van der Waals surface area contributed by atoms with E-state index in [1.165, 1.54) is 12.1 Å². The Labute approximate surface area is 182 Å². The first-order chi connectivity index (χ1) is 14.6. The molecule has 8 heteroatoms. The van der Waals surface area contributed by atoms with Crippen LogP contribution in [0.2, 0.25) is 0 Å². The lowest BCUT2D eigenvalue weighted by Gasteiger charge is -2.32. The SMILES string of the molecule is CC1(C)OB(C(=Cc2ccc(F)cc2N)CNC(=O)OCc2ccccc2)OC1(C)C. The Hall–Kier alpha value is -2.84. The lowest BCUT2D eigenvalue weighted by atomic mass is 9.77. The summed E-state index contributed by atoms with van der Waals surface area (Å²) in [6.07, 6.45) is 1.17. The minimum atomic E-state index is -0.705. The van der Waals surface area contributed by atoms with Gasteiger partial charge in [-0.1, -0.05) is 42.5 Å². The Morgan fingerprint density at radius 3 is 2.39 bits per heavy atom. The Kier molecular flexibility index (Phi) is 6.72. The fourth-order valence-corrected chi connectivity index (χ4v) is 3.02. The number of ether oxygens (including phenoxy) is 1. The quantitative estimate of drug-likeness (QED) is 0.530. The van der Waals surface area contributed by atoms with Crippen molar-refractivity contribution in [1.82, 2.24) is 5.32 Å². The summed E-state index contributed by atoms with van der Waals surface area (Å²) in [6, 6.07) is 13.5. The molecular weight excluding hydrogens is 398 g/mol. The number of nitrogens with one attached hydrogen (secondary N) is 1. The van der Waals surface area contributed by atoms with E-state index in [-0.39, 0.29) is 18.8 Å². The number of halogens is 1. The molecule has 3 N–H and O–H groups in total. The largest absolute Gasteiger partial charge is 0.492 e. The highest BCUT2D eigenvalue weighted by molar-refractivity contribution is 6.56. The van der Waals surface area contributed by atoms with Crippen LogP contribution in [0.15, 0.2) is 54.0 Å². The third-order valence-electron chi connectivity index (χ3n) is 5.60. The van der Waals surface area contributed by atoms with Crippen LogP contribution < -0.4 is 11.1 Å². The number of benzene rings is 2. The van der Waals surface area contributed by atoms with Crippen molar-refractivity contribution in [2.24, 2.45) is 0 Å². The van der Waals surface area contributed by atoms with Gasteiger partial charge in [-0.15, -0.1) is 0 Å². The second kappa shape index (κ2) is 9.12. The van der Waals surface area contributed by atoms with Gasteiger partial charge in [0.25, 0.3) is 0 Å². The highest BCUT2D eigenvalue weighted by atomic mass is 19.1. The molecular formula is C23H28BFN2O4. The van der Waals surface area contributed by atoms with Gasteiger partial charge in [-0.05, 0) is 56.4 Å². The number of hydrogen-bond acceptors (Lipinski definition) is 5. The first-order valence-electron chi connectivity index (χ1n) is 10.1. The zero-order valence-electron chi connectivity index (χ0n) is 18.3. The molecule has 2 aromatic carbocycles. The molecule has 0 radical (unpaired) electrons. The Morgan fingerprint density at radius 2 is 1.77 bits per heavy atom. The summed E-state index contributed by atoms with van der Waals surface area (Å²) < 4.78 is 31.0. The summed E-state index contributed by atoms with van der Waals surface area (Å²) >= 11 is 0.